The van der Waals surface area contributed by atoms with Crippen LogP contribution in [0.5, 0.6) is 0 Å². The van der Waals surface area contributed by atoms with Gasteiger partial charge in [0.1, 0.15) is 5.69 Å². The molecule has 2 rings (SSSR count). The van der Waals surface area contributed by atoms with E-state index >= 15 is 0 Å². The number of carbonyl (C=O) groups is 1. The third-order valence-corrected chi connectivity index (χ3v) is 3.38. The minimum absolute atomic E-state index is 0.0868. The normalized spacial score (nSPS) is 12.3. The summed E-state index contributed by atoms with van der Waals surface area (Å²) >= 11 is 1.56. The van der Waals surface area contributed by atoms with Gasteiger partial charge in [0.2, 0.25) is 0 Å². The molecule has 1 atom stereocenters. The fraction of sp³-hybridized carbons (Fsp3) is 0.182. The van der Waals surface area contributed by atoms with Gasteiger partial charge in [-0.2, -0.15) is 0 Å². The number of thiazole rings is 1. The molecular formula is C11H11N3OS. The number of carbonyl (C=O) groups excluding carboxylic acids is 1. The molecule has 0 aliphatic rings. The Morgan fingerprint density at radius 1 is 1.56 bits per heavy atom. The van der Waals surface area contributed by atoms with E-state index in [0.29, 0.717) is 5.69 Å². The van der Waals surface area contributed by atoms with Crippen LogP contribution in [0.1, 0.15) is 33.8 Å². The second kappa shape index (κ2) is 4.40. The SMILES string of the molecule is C[C@@H](c1cncs1)c1cccnc1C(N)=O. The molecule has 2 aromatic rings. The lowest BCUT2D eigenvalue weighted by molar-refractivity contribution is 0.0994. The number of rotatable bonds is 3. The molecule has 4 nitrogen and oxygen atoms in total. The highest BCUT2D eigenvalue weighted by Crippen LogP contribution is 2.27. The summed E-state index contributed by atoms with van der Waals surface area (Å²) in [4.78, 5) is 20.4. The van der Waals surface area contributed by atoms with E-state index in [4.69, 9.17) is 5.73 Å². The van der Waals surface area contributed by atoms with Crippen molar-refractivity contribution in [3.05, 3.63) is 46.2 Å². The molecule has 1 amide bonds. The lowest BCUT2D eigenvalue weighted by Crippen LogP contribution is -2.16. The summed E-state index contributed by atoms with van der Waals surface area (Å²) in [7, 11) is 0. The first-order valence-electron chi connectivity index (χ1n) is 4.83. The van der Waals surface area contributed by atoms with Gasteiger partial charge in [-0.1, -0.05) is 13.0 Å². The smallest absolute Gasteiger partial charge is 0.267 e. The maximum atomic E-state index is 11.2. The Bertz CT molecular complexity index is 496. The maximum Gasteiger partial charge on any atom is 0.267 e. The van der Waals surface area contributed by atoms with Crippen LogP contribution in [-0.2, 0) is 0 Å². The van der Waals surface area contributed by atoms with Crippen molar-refractivity contribution in [1.82, 2.24) is 9.97 Å². The molecule has 2 heterocycles. The van der Waals surface area contributed by atoms with Crippen molar-refractivity contribution in [2.24, 2.45) is 5.73 Å². The number of primary amides is 1. The molecule has 0 unspecified atom stereocenters. The molecule has 5 heteroatoms. The molecule has 0 aliphatic heterocycles. The number of hydrogen-bond donors (Lipinski definition) is 1. The molecule has 2 aromatic heterocycles. The Labute approximate surface area is 97.2 Å². The summed E-state index contributed by atoms with van der Waals surface area (Å²) in [6.45, 7) is 2.01. The Kier molecular flexibility index (Phi) is 2.96. The highest BCUT2D eigenvalue weighted by molar-refractivity contribution is 7.09. The molecule has 0 saturated heterocycles. The van der Waals surface area contributed by atoms with Gasteiger partial charge in [0.15, 0.2) is 0 Å². The van der Waals surface area contributed by atoms with Crippen LogP contribution in [0.4, 0.5) is 0 Å². The van der Waals surface area contributed by atoms with E-state index in [-0.39, 0.29) is 5.92 Å². The van der Waals surface area contributed by atoms with Crippen LogP contribution in [0.2, 0.25) is 0 Å². The molecule has 0 aromatic carbocycles. The maximum absolute atomic E-state index is 11.2. The number of aromatic nitrogens is 2. The highest BCUT2D eigenvalue weighted by Gasteiger charge is 2.17. The van der Waals surface area contributed by atoms with Gasteiger partial charge in [0.05, 0.1) is 5.51 Å². The molecule has 2 N–H and O–H groups in total. The molecule has 0 spiro atoms. The Morgan fingerprint density at radius 2 is 2.38 bits per heavy atom. The van der Waals surface area contributed by atoms with Gasteiger partial charge in [-0.3, -0.25) is 14.8 Å². The third-order valence-electron chi connectivity index (χ3n) is 2.42. The first-order valence-corrected chi connectivity index (χ1v) is 5.71. The minimum Gasteiger partial charge on any atom is -0.364 e. The topological polar surface area (TPSA) is 68.9 Å². The van der Waals surface area contributed by atoms with Crippen molar-refractivity contribution in [3.8, 4) is 0 Å². The van der Waals surface area contributed by atoms with Crippen molar-refractivity contribution in [2.45, 2.75) is 12.8 Å². The summed E-state index contributed by atoms with van der Waals surface area (Å²) in [5.41, 5.74) is 8.25. The first-order chi connectivity index (χ1) is 7.70. The average molecular weight is 233 g/mol. The van der Waals surface area contributed by atoms with Crippen LogP contribution in [-0.4, -0.2) is 15.9 Å². The van der Waals surface area contributed by atoms with E-state index in [1.54, 1.807) is 35.3 Å². The average Bonchev–Trinajstić information content (AvgIpc) is 2.81. The Morgan fingerprint density at radius 3 is 3.00 bits per heavy atom. The quantitative estimate of drug-likeness (QED) is 0.878. The van der Waals surface area contributed by atoms with E-state index in [2.05, 4.69) is 9.97 Å². The van der Waals surface area contributed by atoms with Gasteiger partial charge in [0.25, 0.3) is 5.91 Å². The van der Waals surface area contributed by atoms with Crippen molar-refractivity contribution in [3.63, 3.8) is 0 Å². The van der Waals surface area contributed by atoms with Gasteiger partial charge < -0.3 is 5.73 Å². The van der Waals surface area contributed by atoms with E-state index in [0.717, 1.165) is 10.4 Å². The molecule has 82 valence electrons. The molecule has 0 saturated carbocycles. The molecule has 16 heavy (non-hydrogen) atoms. The van der Waals surface area contributed by atoms with Crippen molar-refractivity contribution in [1.29, 1.82) is 0 Å². The van der Waals surface area contributed by atoms with Gasteiger partial charge in [0, 0.05) is 23.2 Å². The van der Waals surface area contributed by atoms with Crippen LogP contribution >= 0.6 is 11.3 Å². The van der Waals surface area contributed by atoms with Crippen molar-refractivity contribution < 1.29 is 4.79 Å². The second-order valence-corrected chi connectivity index (χ2v) is 4.35. The van der Waals surface area contributed by atoms with Crippen LogP contribution < -0.4 is 5.73 Å². The third kappa shape index (κ3) is 1.94. The fourth-order valence-corrected chi connectivity index (χ4v) is 2.26. The molecule has 0 aliphatic carbocycles. The lowest BCUT2D eigenvalue weighted by atomic mass is 9.98. The molecule has 0 radical (unpaired) electrons. The van der Waals surface area contributed by atoms with Crippen molar-refractivity contribution in [2.75, 3.05) is 0 Å². The van der Waals surface area contributed by atoms with Crippen molar-refractivity contribution >= 4 is 17.2 Å². The van der Waals surface area contributed by atoms with Crippen LogP contribution in [0.25, 0.3) is 0 Å². The lowest BCUT2D eigenvalue weighted by Gasteiger charge is -2.11. The Hall–Kier alpha value is -1.75. The van der Waals surface area contributed by atoms with Crippen LogP contribution in [0.3, 0.4) is 0 Å². The highest BCUT2D eigenvalue weighted by atomic mass is 32.1. The zero-order valence-electron chi connectivity index (χ0n) is 8.75. The fourth-order valence-electron chi connectivity index (χ4n) is 1.57. The van der Waals surface area contributed by atoms with E-state index in [9.17, 15) is 4.79 Å². The number of hydrogen-bond acceptors (Lipinski definition) is 4. The van der Waals surface area contributed by atoms with Gasteiger partial charge >= 0.3 is 0 Å². The standard InChI is InChI=1S/C11H11N3OS/c1-7(9-5-13-6-16-9)8-3-2-4-14-10(8)11(12)15/h2-7H,1H3,(H2,12,15)/t7-/m1/s1. The summed E-state index contributed by atoms with van der Waals surface area (Å²) in [6, 6.07) is 3.68. The zero-order chi connectivity index (χ0) is 11.5. The summed E-state index contributed by atoms with van der Waals surface area (Å²) in [5.74, 6) is -0.407. The number of nitrogens with zero attached hydrogens (tertiary/aromatic N) is 2. The first kappa shape index (κ1) is 10.8. The van der Waals surface area contributed by atoms with E-state index < -0.39 is 5.91 Å². The monoisotopic (exact) mass is 233 g/mol. The largest absolute Gasteiger partial charge is 0.364 e. The Balaban J connectivity index is 2.44. The van der Waals surface area contributed by atoms with Gasteiger partial charge in [-0.05, 0) is 11.6 Å². The summed E-state index contributed by atoms with van der Waals surface area (Å²) in [5, 5.41) is 0. The molecule has 0 bridgehead atoms. The van der Waals surface area contributed by atoms with E-state index in [1.807, 2.05) is 13.0 Å². The van der Waals surface area contributed by atoms with Gasteiger partial charge in [-0.25, -0.2) is 0 Å². The number of nitrogens with two attached hydrogens (primary N) is 1. The number of amides is 1. The van der Waals surface area contributed by atoms with E-state index in [1.165, 1.54) is 0 Å². The summed E-state index contributed by atoms with van der Waals surface area (Å²) in [6.07, 6.45) is 3.37. The van der Waals surface area contributed by atoms with Crippen LogP contribution in [0, 0.1) is 0 Å². The zero-order valence-corrected chi connectivity index (χ0v) is 9.57. The van der Waals surface area contributed by atoms with Crippen LogP contribution in [0.15, 0.2) is 30.0 Å². The van der Waals surface area contributed by atoms with Gasteiger partial charge in [-0.15, -0.1) is 11.3 Å². The summed E-state index contributed by atoms with van der Waals surface area (Å²) < 4.78 is 0. The predicted octanol–water partition coefficient (Wildman–Crippen LogP) is 1.79. The molecular weight excluding hydrogens is 222 g/mol. The minimum atomic E-state index is -0.494. The molecule has 0 fully saturated rings. The second-order valence-electron chi connectivity index (χ2n) is 3.43. The predicted molar refractivity (Wildman–Crippen MR) is 62.4 cm³/mol. The number of pyridine rings is 1.